The molecule has 0 unspecified atom stereocenters. The number of ether oxygens (including phenoxy) is 1. The molecule has 1 aliphatic heterocycles. The largest absolute Gasteiger partial charge is 0.459 e. The lowest BCUT2D eigenvalue weighted by Crippen LogP contribution is -2.47. The number of amides is 1. The Morgan fingerprint density at radius 3 is 2.36 bits per heavy atom. The Morgan fingerprint density at radius 1 is 1.13 bits per heavy atom. The Kier molecular flexibility index (Phi) is 9.01. The Balaban J connectivity index is 2.21. The van der Waals surface area contributed by atoms with Gasteiger partial charge in [-0.25, -0.2) is 8.78 Å². The van der Waals surface area contributed by atoms with E-state index in [0.717, 1.165) is 6.07 Å². The van der Waals surface area contributed by atoms with Gasteiger partial charge in [-0.1, -0.05) is 62.2 Å². The van der Waals surface area contributed by atoms with Gasteiger partial charge in [0, 0.05) is 22.5 Å². The summed E-state index contributed by atoms with van der Waals surface area (Å²) in [6.45, 7) is 10.5. The predicted octanol–water partition coefficient (Wildman–Crippen LogP) is 6.05. The summed E-state index contributed by atoms with van der Waals surface area (Å²) in [4.78, 5) is 25.9. The smallest absolute Gasteiger partial charge is 0.325 e. The molecule has 0 bridgehead atoms. The minimum atomic E-state index is -1.75. The van der Waals surface area contributed by atoms with Crippen molar-refractivity contribution in [2.24, 2.45) is 5.41 Å². The van der Waals surface area contributed by atoms with Crippen molar-refractivity contribution in [1.82, 2.24) is 10.6 Å². The van der Waals surface area contributed by atoms with E-state index in [1.165, 1.54) is 30.3 Å². The Morgan fingerprint density at radius 2 is 1.79 bits per heavy atom. The maximum atomic E-state index is 15.6. The molecule has 210 valence electrons. The van der Waals surface area contributed by atoms with E-state index in [1.54, 1.807) is 20.8 Å². The van der Waals surface area contributed by atoms with Gasteiger partial charge in [0.05, 0.1) is 17.1 Å². The van der Waals surface area contributed by atoms with Crippen LogP contribution in [0.15, 0.2) is 36.4 Å². The maximum Gasteiger partial charge on any atom is 0.325 e. The van der Waals surface area contributed by atoms with E-state index >= 15 is 8.78 Å². The zero-order valence-corrected chi connectivity index (χ0v) is 24.3. The molecule has 1 fully saturated rings. The molecule has 1 heterocycles. The number of rotatable bonds is 6. The monoisotopic (exact) mass is 579 g/mol. The van der Waals surface area contributed by atoms with Crippen LogP contribution < -0.4 is 10.6 Å². The first-order chi connectivity index (χ1) is 18.0. The molecule has 1 saturated heterocycles. The number of carbonyl (C=O) groups excluding carboxylic acids is 2. The number of nitrogens with zero attached hydrogens (tertiary/aromatic N) is 1. The fourth-order valence-electron chi connectivity index (χ4n) is 5.20. The summed E-state index contributed by atoms with van der Waals surface area (Å²) < 4.78 is 36.5. The van der Waals surface area contributed by atoms with Gasteiger partial charge in [0.1, 0.15) is 29.2 Å². The van der Waals surface area contributed by atoms with Gasteiger partial charge in [-0.2, -0.15) is 5.26 Å². The number of nitrogens with one attached hydrogen (secondary N) is 2. The average Bonchev–Trinajstić information content (AvgIpc) is 3.11. The number of hydrogen-bond donors (Lipinski definition) is 2. The van der Waals surface area contributed by atoms with Crippen molar-refractivity contribution in [3.8, 4) is 6.07 Å². The van der Waals surface area contributed by atoms with E-state index in [-0.39, 0.29) is 26.6 Å². The Hall–Kier alpha value is -2.73. The fourth-order valence-corrected chi connectivity index (χ4v) is 5.54. The molecule has 0 radical (unpaired) electrons. The lowest BCUT2D eigenvalue weighted by molar-refractivity contribution is -0.154. The van der Waals surface area contributed by atoms with Gasteiger partial charge in [0.2, 0.25) is 5.91 Å². The van der Waals surface area contributed by atoms with Crippen molar-refractivity contribution < 1.29 is 23.1 Å². The van der Waals surface area contributed by atoms with Gasteiger partial charge in [-0.15, -0.1) is 0 Å². The van der Waals surface area contributed by atoms with Crippen molar-refractivity contribution in [3.05, 3.63) is 69.2 Å². The number of benzene rings is 2. The first-order valence-corrected chi connectivity index (χ1v) is 13.3. The standard InChI is InChI=1S/C29H33Cl2F2N3O3/c1-27(2,3)13-21-29(15-34,18-11-10-16(30)12-20(18)32)23(17-8-7-9-19(31)24(17)33)25(36-21)26(38)35-14-22(37)39-28(4,5)6/h7-12,21,23,25,36H,13-14H2,1-6H3,(H,35,38)/t21-,23-,25+,29-/m0/s1. The third-order valence-corrected chi connectivity index (χ3v) is 7.09. The summed E-state index contributed by atoms with van der Waals surface area (Å²) in [6, 6.07) is 8.49. The molecule has 0 aliphatic carbocycles. The van der Waals surface area contributed by atoms with Crippen LogP contribution in [0.4, 0.5) is 8.78 Å². The van der Waals surface area contributed by atoms with Gasteiger partial charge < -0.3 is 15.4 Å². The molecule has 0 saturated carbocycles. The number of hydrogen-bond acceptors (Lipinski definition) is 5. The Labute approximate surface area is 238 Å². The summed E-state index contributed by atoms with van der Waals surface area (Å²) in [5.41, 5.74) is -2.94. The lowest BCUT2D eigenvalue weighted by Gasteiger charge is -2.37. The molecular formula is C29H33Cl2F2N3O3. The van der Waals surface area contributed by atoms with E-state index in [2.05, 4.69) is 16.7 Å². The van der Waals surface area contributed by atoms with Crippen LogP contribution in [0, 0.1) is 28.4 Å². The zero-order valence-electron chi connectivity index (χ0n) is 22.8. The maximum absolute atomic E-state index is 15.6. The van der Waals surface area contributed by atoms with Gasteiger partial charge in [-0.05, 0) is 56.4 Å². The van der Waals surface area contributed by atoms with Crippen LogP contribution in [0.2, 0.25) is 10.0 Å². The van der Waals surface area contributed by atoms with E-state index in [1.807, 2.05) is 20.8 Å². The highest BCUT2D eigenvalue weighted by Gasteiger charge is 2.61. The molecule has 6 nitrogen and oxygen atoms in total. The molecule has 39 heavy (non-hydrogen) atoms. The van der Waals surface area contributed by atoms with Crippen molar-refractivity contribution >= 4 is 35.1 Å². The Bertz CT molecular complexity index is 1300. The van der Waals surface area contributed by atoms with Crippen molar-refractivity contribution in [2.75, 3.05) is 6.54 Å². The highest BCUT2D eigenvalue weighted by Crippen LogP contribution is 2.52. The molecule has 2 aromatic rings. The van der Waals surface area contributed by atoms with Crippen LogP contribution in [-0.4, -0.2) is 36.1 Å². The van der Waals surface area contributed by atoms with Crippen molar-refractivity contribution in [3.63, 3.8) is 0 Å². The topological polar surface area (TPSA) is 91.2 Å². The van der Waals surface area contributed by atoms with E-state index in [4.69, 9.17) is 27.9 Å². The molecule has 3 rings (SSSR count). The van der Waals surface area contributed by atoms with E-state index in [9.17, 15) is 14.9 Å². The summed E-state index contributed by atoms with van der Waals surface area (Å²) in [5.74, 6) is -4.13. The van der Waals surface area contributed by atoms with Crippen LogP contribution in [-0.2, 0) is 19.7 Å². The second kappa shape index (κ2) is 11.4. The van der Waals surface area contributed by atoms with Gasteiger partial charge >= 0.3 is 5.97 Å². The quantitative estimate of drug-likeness (QED) is 0.406. The molecule has 4 atom stereocenters. The van der Waals surface area contributed by atoms with Gasteiger partial charge in [0.15, 0.2) is 0 Å². The van der Waals surface area contributed by atoms with Crippen LogP contribution in [0.1, 0.15) is 65.0 Å². The molecule has 0 spiro atoms. The number of esters is 1. The number of halogens is 4. The molecule has 2 aromatic carbocycles. The summed E-state index contributed by atoms with van der Waals surface area (Å²) in [7, 11) is 0. The van der Waals surface area contributed by atoms with Crippen LogP contribution in [0.25, 0.3) is 0 Å². The molecular weight excluding hydrogens is 547 g/mol. The predicted molar refractivity (Wildman–Crippen MR) is 146 cm³/mol. The van der Waals surface area contributed by atoms with Crippen LogP contribution in [0.5, 0.6) is 0 Å². The molecule has 0 aromatic heterocycles. The fraction of sp³-hybridized carbons (Fsp3) is 0.483. The molecule has 10 heteroatoms. The summed E-state index contributed by atoms with van der Waals surface area (Å²) in [6.07, 6.45) is 0.331. The summed E-state index contributed by atoms with van der Waals surface area (Å²) in [5, 5.41) is 16.5. The number of carbonyl (C=O) groups is 2. The first kappa shape index (κ1) is 30.8. The second-order valence-electron chi connectivity index (χ2n) is 12.0. The SMILES string of the molecule is CC(C)(C)C[C@@H]1N[C@@H](C(=O)NCC(=O)OC(C)(C)C)[C@H](c2cccc(Cl)c2F)[C@@]1(C#N)c1ccc(Cl)cc1F. The average molecular weight is 581 g/mol. The zero-order chi connectivity index (χ0) is 29.3. The molecule has 2 N–H and O–H groups in total. The lowest BCUT2D eigenvalue weighted by atomic mass is 9.62. The minimum absolute atomic E-state index is 0.0250. The third-order valence-electron chi connectivity index (χ3n) is 6.56. The highest BCUT2D eigenvalue weighted by molar-refractivity contribution is 6.31. The van der Waals surface area contributed by atoms with Gasteiger partial charge in [0.25, 0.3) is 0 Å². The van der Waals surface area contributed by atoms with E-state index in [0.29, 0.717) is 6.42 Å². The molecule has 1 amide bonds. The second-order valence-corrected chi connectivity index (χ2v) is 12.8. The van der Waals surface area contributed by atoms with E-state index < -0.39 is 59.1 Å². The van der Waals surface area contributed by atoms with Gasteiger partial charge in [-0.3, -0.25) is 9.59 Å². The number of nitriles is 1. The van der Waals surface area contributed by atoms with Crippen molar-refractivity contribution in [1.29, 1.82) is 5.26 Å². The summed E-state index contributed by atoms with van der Waals surface area (Å²) >= 11 is 12.2. The van der Waals surface area contributed by atoms with Crippen molar-refractivity contribution in [2.45, 2.75) is 77.0 Å². The molecule has 1 aliphatic rings. The minimum Gasteiger partial charge on any atom is -0.459 e. The normalized spacial score (nSPS) is 23.3. The highest BCUT2D eigenvalue weighted by atomic mass is 35.5. The third kappa shape index (κ3) is 6.71. The van der Waals surface area contributed by atoms with Crippen LogP contribution >= 0.6 is 23.2 Å². The first-order valence-electron chi connectivity index (χ1n) is 12.6. The van der Waals surface area contributed by atoms with Crippen LogP contribution in [0.3, 0.4) is 0 Å².